The van der Waals surface area contributed by atoms with E-state index in [4.69, 9.17) is 11.6 Å². The lowest BCUT2D eigenvalue weighted by Crippen LogP contribution is -2.48. The van der Waals surface area contributed by atoms with Gasteiger partial charge in [-0.25, -0.2) is 0 Å². The quantitative estimate of drug-likeness (QED) is 0.672. The zero-order valence-electron chi connectivity index (χ0n) is 13.4. The summed E-state index contributed by atoms with van der Waals surface area (Å²) in [5, 5.41) is 3.32. The van der Waals surface area contributed by atoms with Crippen LogP contribution in [-0.4, -0.2) is 28.7 Å². The lowest BCUT2D eigenvalue weighted by molar-refractivity contribution is -0.147. The number of carbonyl (C=O) groups is 3. The van der Waals surface area contributed by atoms with Crippen molar-refractivity contribution in [3.05, 3.63) is 47.0 Å². The topological polar surface area (TPSA) is 66.5 Å². The molecule has 5 nitrogen and oxygen atoms in total. The van der Waals surface area contributed by atoms with Gasteiger partial charge < -0.3 is 5.32 Å². The van der Waals surface area contributed by atoms with Gasteiger partial charge in [-0.05, 0) is 31.4 Å². The lowest BCUT2D eigenvalue weighted by atomic mass is 9.85. The molecule has 1 aromatic rings. The number of carbonyl (C=O) groups excluding carboxylic acids is 3. The minimum Gasteiger partial charge on any atom is -0.350 e. The molecule has 6 heteroatoms. The molecule has 2 unspecified atom stereocenters. The van der Waals surface area contributed by atoms with Gasteiger partial charge in [-0.15, -0.1) is 0 Å². The first kappa shape index (κ1) is 16.7. The van der Waals surface area contributed by atoms with Crippen LogP contribution < -0.4 is 5.32 Å². The summed E-state index contributed by atoms with van der Waals surface area (Å²) in [4.78, 5) is 38.5. The maximum Gasteiger partial charge on any atom is 0.243 e. The molecule has 0 spiro atoms. The molecule has 0 bridgehead atoms. The van der Waals surface area contributed by atoms with E-state index in [1.807, 2.05) is 30.4 Å². The van der Waals surface area contributed by atoms with Crippen LogP contribution in [0.15, 0.2) is 36.4 Å². The number of imide groups is 1. The molecule has 3 amide bonds. The van der Waals surface area contributed by atoms with E-state index in [2.05, 4.69) is 5.32 Å². The number of allylic oxidation sites excluding steroid dienone is 2. The highest BCUT2D eigenvalue weighted by Gasteiger charge is 2.49. The first-order valence-electron chi connectivity index (χ1n) is 8.03. The number of amides is 3. The lowest BCUT2D eigenvalue weighted by Gasteiger charge is -2.22. The summed E-state index contributed by atoms with van der Waals surface area (Å²) in [7, 11) is 0. The molecule has 1 heterocycles. The molecule has 1 fully saturated rings. The molecule has 0 radical (unpaired) electrons. The molecule has 1 saturated heterocycles. The fourth-order valence-electron chi connectivity index (χ4n) is 3.30. The Bertz CT molecular complexity index is 690. The van der Waals surface area contributed by atoms with E-state index in [-0.39, 0.29) is 36.1 Å². The monoisotopic (exact) mass is 346 g/mol. The number of halogens is 1. The molecule has 1 aliphatic carbocycles. The fourth-order valence-corrected chi connectivity index (χ4v) is 3.50. The second kappa shape index (κ2) is 6.77. The van der Waals surface area contributed by atoms with E-state index in [1.165, 1.54) is 0 Å². The summed E-state index contributed by atoms with van der Waals surface area (Å²) >= 11 is 6.07. The van der Waals surface area contributed by atoms with Crippen LogP contribution in [0.25, 0.3) is 0 Å². The largest absolute Gasteiger partial charge is 0.350 e. The number of rotatable bonds is 4. The number of hydrogen-bond donors (Lipinski definition) is 1. The highest BCUT2D eigenvalue weighted by Crippen LogP contribution is 2.36. The molecule has 1 N–H and O–H groups in total. The normalized spacial score (nSPS) is 24.0. The van der Waals surface area contributed by atoms with Crippen LogP contribution in [0.4, 0.5) is 0 Å². The van der Waals surface area contributed by atoms with Crippen molar-refractivity contribution in [3.63, 3.8) is 0 Å². The van der Waals surface area contributed by atoms with Crippen LogP contribution in [0.3, 0.4) is 0 Å². The van der Waals surface area contributed by atoms with Crippen LogP contribution >= 0.6 is 11.6 Å². The SMILES string of the molecule is C[C@@H](C(=O)NCc1ccccc1Cl)N1C(=O)C2CC=CCC2C1=O. The summed E-state index contributed by atoms with van der Waals surface area (Å²) in [5.41, 5.74) is 0.789. The Labute approximate surface area is 145 Å². The molecule has 1 aromatic carbocycles. The Morgan fingerprint density at radius 1 is 1.21 bits per heavy atom. The van der Waals surface area contributed by atoms with E-state index >= 15 is 0 Å². The number of nitrogens with zero attached hydrogens (tertiary/aromatic N) is 1. The highest BCUT2D eigenvalue weighted by atomic mass is 35.5. The van der Waals surface area contributed by atoms with Crippen LogP contribution in [0.5, 0.6) is 0 Å². The number of benzene rings is 1. The standard InChI is InChI=1S/C18H19ClN2O3/c1-11(16(22)20-10-12-6-2-5-9-15(12)19)21-17(23)13-7-3-4-8-14(13)18(21)24/h2-6,9,11,13-14H,7-8,10H2,1H3,(H,20,22)/t11-,13?,14?/m0/s1. The Morgan fingerprint density at radius 2 is 1.79 bits per heavy atom. The van der Waals surface area contributed by atoms with Crippen molar-refractivity contribution in [2.24, 2.45) is 11.8 Å². The molecule has 3 atom stereocenters. The molecular formula is C18H19ClN2O3. The Morgan fingerprint density at radius 3 is 2.38 bits per heavy atom. The second-order valence-corrected chi connectivity index (χ2v) is 6.59. The van der Waals surface area contributed by atoms with Gasteiger partial charge in [0.15, 0.2) is 0 Å². The zero-order chi connectivity index (χ0) is 17.3. The van der Waals surface area contributed by atoms with Gasteiger partial charge in [-0.2, -0.15) is 0 Å². The van der Waals surface area contributed by atoms with E-state index in [1.54, 1.807) is 13.0 Å². The molecule has 2 aliphatic rings. The average molecular weight is 347 g/mol. The van der Waals surface area contributed by atoms with Gasteiger partial charge in [0, 0.05) is 11.6 Å². The zero-order valence-corrected chi connectivity index (χ0v) is 14.1. The first-order chi connectivity index (χ1) is 11.5. The number of nitrogens with one attached hydrogen (secondary N) is 1. The van der Waals surface area contributed by atoms with E-state index < -0.39 is 6.04 Å². The third-order valence-corrected chi connectivity index (χ3v) is 5.09. The summed E-state index contributed by atoms with van der Waals surface area (Å²) in [6.07, 6.45) is 5.00. The van der Waals surface area contributed by atoms with Crippen molar-refractivity contribution in [2.45, 2.75) is 32.4 Å². The van der Waals surface area contributed by atoms with Crippen LogP contribution in [0.2, 0.25) is 5.02 Å². The van der Waals surface area contributed by atoms with Crippen molar-refractivity contribution in [2.75, 3.05) is 0 Å². The molecule has 1 aliphatic heterocycles. The molecular weight excluding hydrogens is 328 g/mol. The van der Waals surface area contributed by atoms with Gasteiger partial charge in [-0.3, -0.25) is 19.3 Å². The summed E-state index contributed by atoms with van der Waals surface area (Å²) in [6.45, 7) is 1.84. The minimum absolute atomic E-state index is 0.241. The number of fused-ring (bicyclic) bond motifs is 1. The number of likely N-dealkylation sites (tertiary alicyclic amines) is 1. The molecule has 126 valence electrons. The Balaban J connectivity index is 1.66. The molecule has 3 rings (SSSR count). The second-order valence-electron chi connectivity index (χ2n) is 6.19. The Hall–Kier alpha value is -2.14. The minimum atomic E-state index is -0.821. The van der Waals surface area contributed by atoms with Crippen molar-refractivity contribution >= 4 is 29.3 Å². The molecule has 0 saturated carbocycles. The molecule has 24 heavy (non-hydrogen) atoms. The van der Waals surface area contributed by atoms with Crippen molar-refractivity contribution in [3.8, 4) is 0 Å². The maximum atomic E-state index is 12.5. The van der Waals surface area contributed by atoms with Crippen molar-refractivity contribution < 1.29 is 14.4 Å². The Kier molecular flexibility index (Phi) is 4.71. The molecule has 0 aromatic heterocycles. The van der Waals surface area contributed by atoms with Crippen molar-refractivity contribution in [1.29, 1.82) is 0 Å². The van der Waals surface area contributed by atoms with Crippen molar-refractivity contribution in [1.82, 2.24) is 10.2 Å². The van der Waals surface area contributed by atoms with Gasteiger partial charge in [0.1, 0.15) is 6.04 Å². The average Bonchev–Trinajstić information content (AvgIpc) is 2.85. The van der Waals surface area contributed by atoms with E-state index in [9.17, 15) is 14.4 Å². The summed E-state index contributed by atoms with van der Waals surface area (Å²) in [5.74, 6) is -1.48. The predicted molar refractivity (Wildman–Crippen MR) is 90.0 cm³/mol. The first-order valence-corrected chi connectivity index (χ1v) is 8.41. The third-order valence-electron chi connectivity index (χ3n) is 4.72. The van der Waals surface area contributed by atoms with Crippen LogP contribution in [-0.2, 0) is 20.9 Å². The van der Waals surface area contributed by atoms with Crippen LogP contribution in [0, 0.1) is 11.8 Å². The number of hydrogen-bond acceptors (Lipinski definition) is 3. The van der Waals surface area contributed by atoms with E-state index in [0.717, 1.165) is 10.5 Å². The van der Waals surface area contributed by atoms with Gasteiger partial charge in [0.2, 0.25) is 17.7 Å². The maximum absolute atomic E-state index is 12.5. The van der Waals surface area contributed by atoms with E-state index in [0.29, 0.717) is 17.9 Å². The van der Waals surface area contributed by atoms with Gasteiger partial charge in [0.05, 0.1) is 11.8 Å². The van der Waals surface area contributed by atoms with Gasteiger partial charge in [-0.1, -0.05) is 42.0 Å². The highest BCUT2D eigenvalue weighted by molar-refractivity contribution is 6.31. The summed E-state index contributed by atoms with van der Waals surface area (Å²) < 4.78 is 0. The summed E-state index contributed by atoms with van der Waals surface area (Å²) in [6, 6.07) is 6.39. The predicted octanol–water partition coefficient (Wildman–Crippen LogP) is 2.30. The van der Waals surface area contributed by atoms with Crippen LogP contribution in [0.1, 0.15) is 25.3 Å². The smallest absolute Gasteiger partial charge is 0.243 e. The third kappa shape index (κ3) is 2.96. The van der Waals surface area contributed by atoms with Gasteiger partial charge >= 0.3 is 0 Å². The van der Waals surface area contributed by atoms with Gasteiger partial charge in [0.25, 0.3) is 0 Å². The fraction of sp³-hybridized carbons (Fsp3) is 0.389.